The Labute approximate surface area is 102 Å². The van der Waals surface area contributed by atoms with Gasteiger partial charge >= 0.3 is 0 Å². The molecule has 5 heteroatoms. The SMILES string of the molecule is COCCOCCC(O)CCc1nccn1C. The maximum absolute atomic E-state index is 9.75. The smallest absolute Gasteiger partial charge is 0.108 e. The van der Waals surface area contributed by atoms with Gasteiger partial charge in [0.1, 0.15) is 5.82 Å². The van der Waals surface area contributed by atoms with E-state index in [1.165, 1.54) is 0 Å². The number of aromatic nitrogens is 2. The Hall–Kier alpha value is -0.910. The van der Waals surface area contributed by atoms with Gasteiger partial charge in [-0.05, 0) is 12.8 Å². The van der Waals surface area contributed by atoms with Crippen LogP contribution in [-0.4, -0.2) is 47.7 Å². The van der Waals surface area contributed by atoms with Crippen molar-refractivity contribution in [3.63, 3.8) is 0 Å². The highest BCUT2D eigenvalue weighted by Crippen LogP contribution is 2.05. The summed E-state index contributed by atoms with van der Waals surface area (Å²) in [6.45, 7) is 1.76. The van der Waals surface area contributed by atoms with Gasteiger partial charge in [0.15, 0.2) is 0 Å². The van der Waals surface area contributed by atoms with E-state index in [0.29, 0.717) is 26.2 Å². The van der Waals surface area contributed by atoms with E-state index in [1.807, 2.05) is 17.8 Å². The lowest BCUT2D eigenvalue weighted by atomic mass is 10.1. The number of aliphatic hydroxyl groups is 1. The first-order chi connectivity index (χ1) is 8.24. The van der Waals surface area contributed by atoms with Crippen molar-refractivity contribution in [1.29, 1.82) is 0 Å². The van der Waals surface area contributed by atoms with Crippen LogP contribution in [0.3, 0.4) is 0 Å². The van der Waals surface area contributed by atoms with Crippen molar-refractivity contribution in [3.05, 3.63) is 18.2 Å². The van der Waals surface area contributed by atoms with E-state index in [1.54, 1.807) is 13.3 Å². The second-order valence-electron chi connectivity index (χ2n) is 4.04. The Morgan fingerprint density at radius 1 is 1.35 bits per heavy atom. The molecule has 1 N–H and O–H groups in total. The molecule has 1 atom stereocenters. The van der Waals surface area contributed by atoms with E-state index in [2.05, 4.69) is 4.98 Å². The molecular formula is C12H22N2O3. The van der Waals surface area contributed by atoms with E-state index >= 15 is 0 Å². The van der Waals surface area contributed by atoms with Crippen molar-refractivity contribution in [3.8, 4) is 0 Å². The molecule has 0 aliphatic rings. The normalized spacial score (nSPS) is 12.9. The van der Waals surface area contributed by atoms with Crippen LogP contribution in [0.15, 0.2) is 12.4 Å². The second-order valence-corrected chi connectivity index (χ2v) is 4.04. The van der Waals surface area contributed by atoms with Gasteiger partial charge in [-0.3, -0.25) is 0 Å². The van der Waals surface area contributed by atoms with E-state index in [4.69, 9.17) is 9.47 Å². The predicted molar refractivity (Wildman–Crippen MR) is 64.8 cm³/mol. The topological polar surface area (TPSA) is 56.5 Å². The van der Waals surface area contributed by atoms with E-state index in [0.717, 1.165) is 18.7 Å². The number of imidazole rings is 1. The first kappa shape index (κ1) is 14.2. The number of aryl methyl sites for hydroxylation is 2. The van der Waals surface area contributed by atoms with Crippen LogP contribution in [0.4, 0.5) is 0 Å². The van der Waals surface area contributed by atoms with Crippen LogP contribution in [-0.2, 0) is 22.9 Å². The molecule has 0 spiro atoms. The zero-order valence-corrected chi connectivity index (χ0v) is 10.6. The molecule has 1 aromatic rings. The summed E-state index contributed by atoms with van der Waals surface area (Å²) in [6, 6.07) is 0. The fourth-order valence-electron chi connectivity index (χ4n) is 1.54. The minimum absolute atomic E-state index is 0.325. The highest BCUT2D eigenvalue weighted by atomic mass is 16.5. The molecule has 0 radical (unpaired) electrons. The molecular weight excluding hydrogens is 220 g/mol. The van der Waals surface area contributed by atoms with Gasteiger partial charge in [0.05, 0.1) is 19.3 Å². The molecule has 0 aliphatic carbocycles. The summed E-state index contributed by atoms with van der Waals surface area (Å²) in [4.78, 5) is 4.21. The van der Waals surface area contributed by atoms with Gasteiger partial charge in [0.2, 0.25) is 0 Å². The molecule has 0 bridgehead atoms. The van der Waals surface area contributed by atoms with Crippen molar-refractivity contribution < 1.29 is 14.6 Å². The van der Waals surface area contributed by atoms with Crippen LogP contribution >= 0.6 is 0 Å². The first-order valence-corrected chi connectivity index (χ1v) is 5.95. The van der Waals surface area contributed by atoms with Gasteiger partial charge in [-0.1, -0.05) is 0 Å². The van der Waals surface area contributed by atoms with E-state index in [-0.39, 0.29) is 6.10 Å². The number of methoxy groups -OCH3 is 1. The maximum Gasteiger partial charge on any atom is 0.108 e. The number of nitrogens with zero attached hydrogens (tertiary/aromatic N) is 2. The molecule has 1 rings (SSSR count). The summed E-state index contributed by atoms with van der Waals surface area (Å²) in [5.74, 6) is 1.00. The molecule has 1 aromatic heterocycles. The Kier molecular flexibility index (Phi) is 6.84. The number of hydrogen-bond acceptors (Lipinski definition) is 4. The summed E-state index contributed by atoms with van der Waals surface area (Å²) in [7, 11) is 3.60. The molecule has 1 unspecified atom stereocenters. The van der Waals surface area contributed by atoms with Gasteiger partial charge in [-0.25, -0.2) is 4.98 Å². The van der Waals surface area contributed by atoms with Gasteiger partial charge in [0, 0.05) is 39.6 Å². The van der Waals surface area contributed by atoms with Crippen LogP contribution in [0, 0.1) is 0 Å². The van der Waals surface area contributed by atoms with Crippen molar-refractivity contribution in [2.24, 2.45) is 7.05 Å². The highest BCUT2D eigenvalue weighted by molar-refractivity contribution is 4.91. The fourth-order valence-corrected chi connectivity index (χ4v) is 1.54. The third-order valence-corrected chi connectivity index (χ3v) is 2.65. The van der Waals surface area contributed by atoms with Gasteiger partial charge in [-0.2, -0.15) is 0 Å². The molecule has 0 amide bonds. The van der Waals surface area contributed by atoms with Crippen molar-refractivity contribution in [2.75, 3.05) is 26.9 Å². The molecule has 98 valence electrons. The minimum atomic E-state index is -0.325. The fraction of sp³-hybridized carbons (Fsp3) is 0.750. The molecule has 0 saturated carbocycles. The minimum Gasteiger partial charge on any atom is -0.393 e. The average Bonchev–Trinajstić information content (AvgIpc) is 2.72. The van der Waals surface area contributed by atoms with Gasteiger partial charge < -0.3 is 19.1 Å². The Bertz CT molecular complexity index is 302. The average molecular weight is 242 g/mol. The van der Waals surface area contributed by atoms with E-state index < -0.39 is 0 Å². The number of aliphatic hydroxyl groups excluding tert-OH is 1. The molecule has 17 heavy (non-hydrogen) atoms. The third-order valence-electron chi connectivity index (χ3n) is 2.65. The Morgan fingerprint density at radius 3 is 2.82 bits per heavy atom. The Balaban J connectivity index is 2.05. The lowest BCUT2D eigenvalue weighted by Crippen LogP contribution is -2.14. The quantitative estimate of drug-likeness (QED) is 0.650. The summed E-state index contributed by atoms with van der Waals surface area (Å²) in [5.41, 5.74) is 0. The van der Waals surface area contributed by atoms with Crippen molar-refractivity contribution in [2.45, 2.75) is 25.4 Å². The molecule has 5 nitrogen and oxygen atoms in total. The maximum atomic E-state index is 9.75. The number of hydrogen-bond donors (Lipinski definition) is 1. The molecule has 0 aromatic carbocycles. The summed E-state index contributed by atoms with van der Waals surface area (Å²) >= 11 is 0. The number of ether oxygens (including phenoxy) is 2. The first-order valence-electron chi connectivity index (χ1n) is 5.95. The van der Waals surface area contributed by atoms with Crippen molar-refractivity contribution in [1.82, 2.24) is 9.55 Å². The van der Waals surface area contributed by atoms with Crippen molar-refractivity contribution >= 4 is 0 Å². The highest BCUT2D eigenvalue weighted by Gasteiger charge is 2.06. The molecule has 0 saturated heterocycles. The standard InChI is InChI=1S/C12H22N2O3/c1-14-7-6-13-12(14)4-3-11(15)5-8-17-10-9-16-2/h6-7,11,15H,3-5,8-10H2,1-2H3. The van der Waals surface area contributed by atoms with E-state index in [9.17, 15) is 5.11 Å². The molecule has 0 fully saturated rings. The zero-order valence-electron chi connectivity index (χ0n) is 10.6. The largest absolute Gasteiger partial charge is 0.393 e. The third kappa shape index (κ3) is 5.81. The predicted octanol–water partition coefficient (Wildman–Crippen LogP) is 0.767. The monoisotopic (exact) mass is 242 g/mol. The van der Waals surface area contributed by atoms with Gasteiger partial charge in [-0.15, -0.1) is 0 Å². The van der Waals surface area contributed by atoms with Crippen LogP contribution < -0.4 is 0 Å². The van der Waals surface area contributed by atoms with Crippen LogP contribution in [0.25, 0.3) is 0 Å². The summed E-state index contributed by atoms with van der Waals surface area (Å²) in [6.07, 6.45) is 5.54. The zero-order chi connectivity index (χ0) is 12.5. The Morgan fingerprint density at radius 2 is 2.18 bits per heavy atom. The van der Waals surface area contributed by atoms with Crippen LogP contribution in [0.2, 0.25) is 0 Å². The lowest BCUT2D eigenvalue weighted by Gasteiger charge is -2.10. The van der Waals surface area contributed by atoms with Gasteiger partial charge in [0.25, 0.3) is 0 Å². The molecule has 1 heterocycles. The molecule has 0 aliphatic heterocycles. The lowest BCUT2D eigenvalue weighted by molar-refractivity contribution is 0.0459. The summed E-state index contributed by atoms with van der Waals surface area (Å²) < 4.78 is 12.1. The van der Waals surface area contributed by atoms with Crippen LogP contribution in [0.1, 0.15) is 18.7 Å². The number of rotatable bonds is 9. The second kappa shape index (κ2) is 8.22. The summed E-state index contributed by atoms with van der Waals surface area (Å²) in [5, 5.41) is 9.75. The van der Waals surface area contributed by atoms with Crippen LogP contribution in [0.5, 0.6) is 0 Å².